The molecular formula is C15H21NO4. The maximum atomic E-state index is 11.7. The number of nitrogens with one attached hydrogen (secondary N) is 1. The lowest BCUT2D eigenvalue weighted by atomic mass is 10.1. The molecule has 0 atom stereocenters. The van der Waals surface area contributed by atoms with Gasteiger partial charge in [0.15, 0.2) is 0 Å². The number of carboxylic acids is 1. The Labute approximate surface area is 118 Å². The van der Waals surface area contributed by atoms with E-state index >= 15 is 0 Å². The molecular weight excluding hydrogens is 258 g/mol. The molecule has 1 aromatic carbocycles. The van der Waals surface area contributed by atoms with E-state index in [1.807, 2.05) is 13.8 Å². The number of benzene rings is 1. The van der Waals surface area contributed by atoms with Crippen molar-refractivity contribution in [3.63, 3.8) is 0 Å². The van der Waals surface area contributed by atoms with E-state index in [0.717, 1.165) is 0 Å². The highest BCUT2D eigenvalue weighted by Crippen LogP contribution is 2.11. The molecule has 0 spiro atoms. The second-order valence-corrected chi connectivity index (χ2v) is 4.84. The van der Waals surface area contributed by atoms with Gasteiger partial charge in [-0.2, -0.15) is 0 Å². The van der Waals surface area contributed by atoms with Crippen LogP contribution in [0, 0.1) is 0 Å². The zero-order valence-electron chi connectivity index (χ0n) is 11.9. The molecule has 0 radical (unpaired) electrons. The summed E-state index contributed by atoms with van der Waals surface area (Å²) in [5.41, 5.74) is 1.38. The fourth-order valence-corrected chi connectivity index (χ4v) is 1.66. The molecule has 5 heteroatoms. The van der Waals surface area contributed by atoms with E-state index in [-0.39, 0.29) is 18.4 Å². The molecule has 110 valence electrons. The van der Waals surface area contributed by atoms with E-state index in [0.29, 0.717) is 30.7 Å². The van der Waals surface area contributed by atoms with Crippen molar-refractivity contribution in [3.05, 3.63) is 29.8 Å². The van der Waals surface area contributed by atoms with Crippen LogP contribution in [0.5, 0.6) is 0 Å². The van der Waals surface area contributed by atoms with Crippen molar-refractivity contribution >= 4 is 17.6 Å². The zero-order valence-corrected chi connectivity index (χ0v) is 11.9. The first-order valence-electron chi connectivity index (χ1n) is 6.69. The van der Waals surface area contributed by atoms with Crippen LogP contribution < -0.4 is 5.32 Å². The molecule has 0 aromatic heterocycles. The molecule has 5 nitrogen and oxygen atoms in total. The van der Waals surface area contributed by atoms with Crippen molar-refractivity contribution in [2.75, 3.05) is 11.9 Å². The van der Waals surface area contributed by atoms with Crippen LogP contribution in [0.15, 0.2) is 24.3 Å². The second kappa shape index (κ2) is 8.32. The standard InChI is InChI=1S/C15H21NO4/c1-11(2)20-9-3-4-14(17)16-13-7-5-12(6-8-13)10-15(18)19/h5-8,11H,3-4,9-10H2,1-2H3,(H,16,17)(H,18,19). The SMILES string of the molecule is CC(C)OCCCC(=O)Nc1ccc(CC(=O)O)cc1. The third-order valence-electron chi connectivity index (χ3n) is 2.59. The van der Waals surface area contributed by atoms with Crippen LogP contribution in [0.1, 0.15) is 32.3 Å². The van der Waals surface area contributed by atoms with Crippen LogP contribution in [-0.4, -0.2) is 29.7 Å². The Kier molecular flexibility index (Phi) is 6.73. The van der Waals surface area contributed by atoms with Gasteiger partial charge in [-0.3, -0.25) is 9.59 Å². The summed E-state index contributed by atoms with van der Waals surface area (Å²) >= 11 is 0. The van der Waals surface area contributed by atoms with E-state index in [9.17, 15) is 9.59 Å². The van der Waals surface area contributed by atoms with Gasteiger partial charge in [-0.25, -0.2) is 0 Å². The maximum Gasteiger partial charge on any atom is 0.307 e. The average Bonchev–Trinajstić information content (AvgIpc) is 2.36. The number of carbonyl (C=O) groups excluding carboxylic acids is 1. The van der Waals surface area contributed by atoms with Gasteiger partial charge in [-0.05, 0) is 38.0 Å². The molecule has 1 amide bonds. The number of carbonyl (C=O) groups is 2. The minimum atomic E-state index is -0.869. The number of rotatable bonds is 8. The first-order chi connectivity index (χ1) is 9.47. The van der Waals surface area contributed by atoms with Gasteiger partial charge in [0.1, 0.15) is 0 Å². The smallest absolute Gasteiger partial charge is 0.307 e. The van der Waals surface area contributed by atoms with Gasteiger partial charge in [0.05, 0.1) is 12.5 Å². The summed E-state index contributed by atoms with van der Waals surface area (Å²) in [7, 11) is 0. The van der Waals surface area contributed by atoms with Crippen molar-refractivity contribution < 1.29 is 19.4 Å². The molecule has 0 aliphatic rings. The Hall–Kier alpha value is -1.88. The van der Waals surface area contributed by atoms with Gasteiger partial charge >= 0.3 is 5.97 Å². The van der Waals surface area contributed by atoms with Crippen molar-refractivity contribution in [1.29, 1.82) is 0 Å². The number of hydrogen-bond donors (Lipinski definition) is 2. The van der Waals surface area contributed by atoms with E-state index in [2.05, 4.69) is 5.32 Å². The predicted molar refractivity (Wildman–Crippen MR) is 76.7 cm³/mol. The zero-order chi connectivity index (χ0) is 15.0. The van der Waals surface area contributed by atoms with Gasteiger partial charge in [0, 0.05) is 18.7 Å². The Morgan fingerprint density at radius 1 is 1.25 bits per heavy atom. The molecule has 1 rings (SSSR count). The molecule has 0 unspecified atom stereocenters. The number of hydrogen-bond acceptors (Lipinski definition) is 3. The third kappa shape index (κ3) is 6.89. The minimum absolute atomic E-state index is 0.0131. The molecule has 0 saturated carbocycles. The Morgan fingerprint density at radius 3 is 2.45 bits per heavy atom. The summed E-state index contributed by atoms with van der Waals surface area (Å²) in [6.45, 7) is 4.49. The lowest BCUT2D eigenvalue weighted by molar-refractivity contribution is -0.136. The van der Waals surface area contributed by atoms with Crippen LogP contribution in [0.2, 0.25) is 0 Å². The van der Waals surface area contributed by atoms with Crippen LogP contribution in [-0.2, 0) is 20.7 Å². The highest BCUT2D eigenvalue weighted by atomic mass is 16.5. The first-order valence-corrected chi connectivity index (χ1v) is 6.69. The van der Waals surface area contributed by atoms with Gasteiger partial charge in [0.25, 0.3) is 0 Å². The second-order valence-electron chi connectivity index (χ2n) is 4.84. The van der Waals surface area contributed by atoms with E-state index in [4.69, 9.17) is 9.84 Å². The number of anilines is 1. The van der Waals surface area contributed by atoms with Crippen molar-refractivity contribution in [2.45, 2.75) is 39.2 Å². The van der Waals surface area contributed by atoms with Gasteiger partial charge < -0.3 is 15.2 Å². The Balaban J connectivity index is 2.33. The highest BCUT2D eigenvalue weighted by Gasteiger charge is 2.04. The molecule has 1 aromatic rings. The third-order valence-corrected chi connectivity index (χ3v) is 2.59. The van der Waals surface area contributed by atoms with E-state index in [1.54, 1.807) is 24.3 Å². The van der Waals surface area contributed by atoms with Gasteiger partial charge in [-0.1, -0.05) is 12.1 Å². The summed E-state index contributed by atoms with van der Waals surface area (Å²) in [4.78, 5) is 22.2. The first kappa shape index (κ1) is 16.2. The summed E-state index contributed by atoms with van der Waals surface area (Å²) in [5, 5.41) is 11.4. The molecule has 20 heavy (non-hydrogen) atoms. The predicted octanol–water partition coefficient (Wildman–Crippen LogP) is 2.46. The maximum absolute atomic E-state index is 11.7. The highest BCUT2D eigenvalue weighted by molar-refractivity contribution is 5.90. The quantitative estimate of drug-likeness (QED) is 0.717. The monoisotopic (exact) mass is 279 g/mol. The fraction of sp³-hybridized carbons (Fsp3) is 0.467. The number of carboxylic acid groups (broad SMARTS) is 1. The van der Waals surface area contributed by atoms with Crippen molar-refractivity contribution in [3.8, 4) is 0 Å². The molecule has 0 fully saturated rings. The van der Waals surface area contributed by atoms with Gasteiger partial charge in [0.2, 0.25) is 5.91 Å². The average molecular weight is 279 g/mol. The van der Waals surface area contributed by atoms with Crippen LogP contribution >= 0.6 is 0 Å². The summed E-state index contributed by atoms with van der Waals surface area (Å²) < 4.78 is 5.36. The Bertz CT molecular complexity index is 440. The Morgan fingerprint density at radius 2 is 1.90 bits per heavy atom. The molecule has 2 N–H and O–H groups in total. The number of amides is 1. The lowest BCUT2D eigenvalue weighted by Crippen LogP contribution is -2.13. The number of aliphatic carboxylic acids is 1. The summed E-state index contributed by atoms with van der Waals surface area (Å²) in [5.74, 6) is -0.935. The van der Waals surface area contributed by atoms with Crippen LogP contribution in [0.25, 0.3) is 0 Å². The molecule has 0 aliphatic carbocycles. The van der Waals surface area contributed by atoms with Crippen molar-refractivity contribution in [2.24, 2.45) is 0 Å². The number of ether oxygens (including phenoxy) is 1. The van der Waals surface area contributed by atoms with Gasteiger partial charge in [-0.15, -0.1) is 0 Å². The molecule has 0 bridgehead atoms. The summed E-state index contributed by atoms with van der Waals surface area (Å²) in [6.07, 6.45) is 1.26. The largest absolute Gasteiger partial charge is 0.481 e. The molecule has 0 heterocycles. The summed E-state index contributed by atoms with van der Waals surface area (Å²) in [6, 6.07) is 6.82. The van der Waals surface area contributed by atoms with Crippen LogP contribution in [0.3, 0.4) is 0 Å². The van der Waals surface area contributed by atoms with E-state index in [1.165, 1.54) is 0 Å². The fourth-order valence-electron chi connectivity index (χ4n) is 1.66. The molecule has 0 saturated heterocycles. The van der Waals surface area contributed by atoms with E-state index < -0.39 is 5.97 Å². The van der Waals surface area contributed by atoms with Crippen LogP contribution in [0.4, 0.5) is 5.69 Å². The van der Waals surface area contributed by atoms with Crippen molar-refractivity contribution in [1.82, 2.24) is 0 Å². The minimum Gasteiger partial charge on any atom is -0.481 e. The normalized spacial score (nSPS) is 10.6. The molecule has 0 aliphatic heterocycles. The topological polar surface area (TPSA) is 75.6 Å². The lowest BCUT2D eigenvalue weighted by Gasteiger charge is -2.08.